The Morgan fingerprint density at radius 3 is 1.57 bits per heavy atom. The molecule has 4 aliphatic heterocycles. The van der Waals surface area contributed by atoms with E-state index < -0.39 is 5.60 Å². The number of aryl methyl sites for hydroxylation is 1. The Kier molecular flexibility index (Phi) is 20.4. The lowest BCUT2D eigenvalue weighted by molar-refractivity contribution is -0.119. The fraction of sp³-hybridized carbons (Fsp3) is 0.344. The van der Waals surface area contributed by atoms with Crippen LogP contribution in [0, 0.1) is 20.8 Å². The Bertz CT molecular complexity index is 3210. The highest BCUT2D eigenvalue weighted by Crippen LogP contribution is 2.43. The minimum absolute atomic E-state index is 0.211. The number of benzene rings is 4. The van der Waals surface area contributed by atoms with Crippen LogP contribution in [0.5, 0.6) is 28.7 Å². The molecule has 20 heteroatoms. The van der Waals surface area contributed by atoms with E-state index in [1.165, 1.54) is 5.56 Å². The first-order valence-corrected chi connectivity index (χ1v) is 29.3. The second-order valence-corrected chi connectivity index (χ2v) is 23.7. The van der Waals surface area contributed by atoms with Gasteiger partial charge in [0.2, 0.25) is 17.7 Å². The number of phenolic OH excluding ortho intramolecular Hbond substituents is 1. The van der Waals surface area contributed by atoms with Crippen LogP contribution in [0.15, 0.2) is 116 Å². The van der Waals surface area contributed by atoms with Crippen LogP contribution >= 0.6 is 35.3 Å². The molecular weight excluding hydrogens is 1090 g/mol. The highest BCUT2D eigenvalue weighted by molar-refractivity contribution is 8.16. The van der Waals surface area contributed by atoms with Crippen LogP contribution in [-0.4, -0.2) is 103 Å². The average Bonchev–Trinajstić information content (AvgIpc) is 4.14. The molecule has 4 aliphatic rings. The van der Waals surface area contributed by atoms with E-state index in [2.05, 4.69) is 38.9 Å². The molecule has 3 fully saturated rings. The molecule has 2 aromatic heterocycles. The van der Waals surface area contributed by atoms with Gasteiger partial charge in [0.05, 0.1) is 28.9 Å². The molecule has 0 saturated carbocycles. The van der Waals surface area contributed by atoms with E-state index in [0.717, 1.165) is 141 Å². The molecule has 6 aromatic rings. The predicted octanol–water partition coefficient (Wildman–Crippen LogP) is 10.0. The number of rotatable bonds is 19. The molecule has 3 saturated heterocycles. The van der Waals surface area contributed by atoms with E-state index in [0.29, 0.717) is 44.8 Å². The Balaban J connectivity index is 0.000000161. The van der Waals surface area contributed by atoms with Crippen molar-refractivity contribution < 1.29 is 52.8 Å². The molecule has 0 bridgehead atoms. The molecule has 6 heterocycles. The van der Waals surface area contributed by atoms with Crippen LogP contribution in [0.3, 0.4) is 0 Å². The summed E-state index contributed by atoms with van der Waals surface area (Å²) in [6, 6.07) is 32.8. The normalized spacial score (nSPS) is 19.0. The van der Waals surface area contributed by atoms with Crippen molar-refractivity contribution in [3.05, 3.63) is 166 Å². The molecule has 424 valence electrons. The number of carbonyl (C=O) groups excluding carboxylic acids is 6. The topological polar surface area (TPSA) is 225 Å². The fourth-order valence-corrected chi connectivity index (χ4v) is 11.7. The molecule has 0 spiro atoms. The number of hydrogen-bond acceptors (Lipinski definition) is 17. The number of fused-ring (bicyclic) bond motifs is 1. The third-order valence-electron chi connectivity index (χ3n) is 14.1. The van der Waals surface area contributed by atoms with Crippen LogP contribution in [0.2, 0.25) is 0 Å². The first-order valence-electron chi connectivity index (χ1n) is 26.7. The number of nitrogens with zero attached hydrogens (tertiary/aromatic N) is 3. The van der Waals surface area contributed by atoms with E-state index in [4.69, 9.17) is 18.9 Å². The Morgan fingerprint density at radius 1 is 0.630 bits per heavy atom. The number of ether oxygens (including phenoxy) is 4. The zero-order valence-electron chi connectivity index (χ0n) is 46.1. The number of amides is 6. The lowest BCUT2D eigenvalue weighted by Gasteiger charge is -2.37. The molecule has 4 unspecified atom stereocenters. The van der Waals surface area contributed by atoms with Gasteiger partial charge in [0.25, 0.3) is 15.7 Å². The van der Waals surface area contributed by atoms with Gasteiger partial charge in [0.15, 0.2) is 0 Å². The number of aromatic nitrogens is 2. The highest BCUT2D eigenvalue weighted by Gasteiger charge is 2.36. The second-order valence-electron chi connectivity index (χ2n) is 20.1. The summed E-state index contributed by atoms with van der Waals surface area (Å²) in [5.74, 6) is 3.76. The standard InChI is InChI=1S/C24H27NO5S.C19H20N2O3S.C18H19N3O3S/c1-13-14(2)21-18(15(3)20(13)26)9-10-24(4,30-21)12-29-17-7-5-16(6-8-17)11-19-22(27)25-23(28)31-19;1-2-13-3-6-15(20-12-13)9-10-24-16-7-4-14(5-8-16)11-17-18(22)21-19(23)25-17;1-21(16-4-2-3-9-19-16)10-11-24-14-7-5-13(6-8-14)12-15-17(22)20-18(23)25-15/h5-8,19,26H,9-12H2,1-4H3,(H,25,27,28);3-8,12,17H,2,9-11H2,1H3,(H,21,22,23);2-9,15H,10-12H2,1H3,(H,20,22,23). The number of hydrogen-bond donors (Lipinski definition) is 4. The third-order valence-corrected chi connectivity index (χ3v) is 17.1. The lowest BCUT2D eigenvalue weighted by Crippen LogP contribution is -2.42. The Labute approximate surface area is 484 Å². The van der Waals surface area contributed by atoms with E-state index >= 15 is 0 Å². The molecule has 10 rings (SSSR count). The summed E-state index contributed by atoms with van der Waals surface area (Å²) in [5, 5.41) is 15.4. The first kappa shape index (κ1) is 59.6. The summed E-state index contributed by atoms with van der Waals surface area (Å²) in [4.78, 5) is 79.3. The summed E-state index contributed by atoms with van der Waals surface area (Å²) < 4.78 is 23.9. The van der Waals surface area contributed by atoms with Gasteiger partial charge in [-0.25, -0.2) is 4.98 Å². The number of phenols is 1. The van der Waals surface area contributed by atoms with Gasteiger partial charge in [-0.1, -0.05) is 90.7 Å². The van der Waals surface area contributed by atoms with Crippen LogP contribution in [0.25, 0.3) is 0 Å². The highest BCUT2D eigenvalue weighted by atomic mass is 32.2. The second kappa shape index (κ2) is 27.7. The Hall–Kier alpha value is -7.55. The molecule has 4 N–H and O–H groups in total. The van der Waals surface area contributed by atoms with Gasteiger partial charge in [0, 0.05) is 37.1 Å². The van der Waals surface area contributed by atoms with Gasteiger partial charge in [-0.15, -0.1) is 0 Å². The van der Waals surface area contributed by atoms with Gasteiger partial charge in [-0.05, 0) is 160 Å². The summed E-state index contributed by atoms with van der Waals surface area (Å²) in [6.07, 6.45) is 8.62. The quantitative estimate of drug-likeness (QED) is 0.0592. The largest absolute Gasteiger partial charge is 0.507 e. The van der Waals surface area contributed by atoms with Crippen LogP contribution in [0.4, 0.5) is 20.2 Å². The SMILES string of the molecule is CCc1ccc(CCOc2ccc(CC3SC(=O)NC3=O)cc2)nc1.CN(CCOc1ccc(CC2SC(=O)NC2=O)cc1)c1ccccn1.Cc1c(C)c2c(c(C)c1O)CCC(C)(COc1ccc(CC3SC(=O)NC3=O)cc1)O2. The minimum atomic E-state index is -0.467. The maximum absolute atomic E-state index is 11.7. The van der Waals surface area contributed by atoms with E-state index in [1.54, 1.807) is 6.20 Å². The van der Waals surface area contributed by atoms with Gasteiger partial charge in [-0.3, -0.25) is 49.7 Å². The summed E-state index contributed by atoms with van der Waals surface area (Å²) in [5.41, 5.74) is 8.57. The number of carbonyl (C=O) groups is 6. The lowest BCUT2D eigenvalue weighted by atomic mass is 9.87. The van der Waals surface area contributed by atoms with Gasteiger partial charge in [0.1, 0.15) is 53.4 Å². The molecular formula is C61H66N6O11S3. The van der Waals surface area contributed by atoms with Crippen molar-refractivity contribution in [3.63, 3.8) is 0 Å². The van der Waals surface area contributed by atoms with Gasteiger partial charge >= 0.3 is 0 Å². The minimum Gasteiger partial charge on any atom is -0.507 e. The fourth-order valence-electron chi connectivity index (χ4n) is 9.10. The van der Waals surface area contributed by atoms with E-state index in [9.17, 15) is 33.9 Å². The van der Waals surface area contributed by atoms with Crippen molar-refractivity contribution in [1.29, 1.82) is 0 Å². The molecule has 4 aromatic carbocycles. The average molecular weight is 1160 g/mol. The monoisotopic (exact) mass is 1150 g/mol. The zero-order chi connectivity index (χ0) is 57.6. The maximum Gasteiger partial charge on any atom is 0.286 e. The third kappa shape index (κ3) is 16.5. The molecule has 0 aliphatic carbocycles. The van der Waals surface area contributed by atoms with Crippen molar-refractivity contribution >= 4 is 74.5 Å². The number of pyridine rings is 2. The van der Waals surface area contributed by atoms with Crippen molar-refractivity contribution in [2.45, 2.75) is 101 Å². The summed E-state index contributed by atoms with van der Waals surface area (Å²) in [7, 11) is 1.97. The van der Waals surface area contributed by atoms with Crippen molar-refractivity contribution in [1.82, 2.24) is 25.9 Å². The first-order chi connectivity index (χ1) is 38.9. The number of likely N-dealkylation sites (N-methyl/N-ethyl adjacent to an activating group) is 1. The molecule has 4 atom stereocenters. The van der Waals surface area contributed by atoms with Gasteiger partial charge in [-0.2, -0.15) is 0 Å². The number of imide groups is 3. The number of anilines is 1. The number of thioether (sulfide) groups is 3. The molecule has 17 nitrogen and oxygen atoms in total. The van der Waals surface area contributed by atoms with E-state index in [1.807, 2.05) is 143 Å². The Morgan fingerprint density at radius 2 is 1.12 bits per heavy atom. The smallest absolute Gasteiger partial charge is 0.286 e. The van der Waals surface area contributed by atoms with Crippen molar-refractivity contribution in [2.24, 2.45) is 0 Å². The summed E-state index contributed by atoms with van der Waals surface area (Å²) in [6.45, 7) is 12.2. The van der Waals surface area contributed by atoms with Crippen molar-refractivity contribution in [2.75, 3.05) is 38.3 Å². The van der Waals surface area contributed by atoms with Crippen LogP contribution in [-0.2, 0) is 52.9 Å². The zero-order valence-corrected chi connectivity index (χ0v) is 48.5. The molecule has 6 amide bonds. The summed E-state index contributed by atoms with van der Waals surface area (Å²) >= 11 is 3.13. The van der Waals surface area contributed by atoms with Crippen LogP contribution < -0.4 is 39.8 Å². The predicted molar refractivity (Wildman–Crippen MR) is 316 cm³/mol. The number of nitrogens with one attached hydrogen (secondary N) is 3. The van der Waals surface area contributed by atoms with Crippen LogP contribution in [0.1, 0.15) is 70.5 Å². The molecule has 81 heavy (non-hydrogen) atoms. The number of aromatic hydroxyl groups is 1. The van der Waals surface area contributed by atoms with E-state index in [-0.39, 0.29) is 49.2 Å². The van der Waals surface area contributed by atoms with Crippen molar-refractivity contribution in [3.8, 4) is 28.7 Å². The van der Waals surface area contributed by atoms with Gasteiger partial charge < -0.3 is 29.0 Å². The molecule has 0 radical (unpaired) electrons. The maximum atomic E-state index is 11.7.